The van der Waals surface area contributed by atoms with Gasteiger partial charge in [0, 0.05) is 25.2 Å². The molecule has 0 saturated carbocycles. The summed E-state index contributed by atoms with van der Waals surface area (Å²) >= 11 is 0. The molecule has 5 nitrogen and oxygen atoms in total. The molecule has 92 valence electrons. The van der Waals surface area contributed by atoms with E-state index in [0.29, 0.717) is 12.8 Å². The number of aryl methyl sites for hydroxylation is 2. The first kappa shape index (κ1) is 13.2. The van der Waals surface area contributed by atoms with Crippen molar-refractivity contribution >= 4 is 9.84 Å². The van der Waals surface area contributed by atoms with E-state index in [9.17, 15) is 13.5 Å². The van der Waals surface area contributed by atoms with Crippen LogP contribution in [-0.2, 0) is 23.3 Å². The molecule has 6 heteroatoms. The van der Waals surface area contributed by atoms with E-state index in [1.807, 2.05) is 13.1 Å². The summed E-state index contributed by atoms with van der Waals surface area (Å²) in [5.74, 6) is 0. The molecule has 1 heterocycles. The van der Waals surface area contributed by atoms with Gasteiger partial charge in [-0.3, -0.25) is 4.68 Å². The molecular weight excluding hydrogens is 228 g/mol. The molecule has 0 fully saturated rings. The lowest BCUT2D eigenvalue weighted by molar-refractivity contribution is 0.162. The molecule has 0 saturated heterocycles. The van der Waals surface area contributed by atoms with Crippen molar-refractivity contribution in [3.05, 3.63) is 18.0 Å². The fourth-order valence-corrected chi connectivity index (χ4v) is 2.17. The van der Waals surface area contributed by atoms with Gasteiger partial charge in [0.2, 0.25) is 0 Å². The van der Waals surface area contributed by atoms with E-state index in [1.54, 1.807) is 10.9 Å². The minimum atomic E-state index is -3.18. The van der Waals surface area contributed by atoms with Crippen molar-refractivity contribution in [3.8, 4) is 0 Å². The van der Waals surface area contributed by atoms with Crippen LogP contribution in [0.4, 0.5) is 0 Å². The quantitative estimate of drug-likeness (QED) is 0.802. The number of nitrogens with zero attached hydrogens (tertiary/aromatic N) is 2. The molecule has 16 heavy (non-hydrogen) atoms. The highest BCUT2D eigenvalue weighted by molar-refractivity contribution is 7.91. The van der Waals surface area contributed by atoms with Crippen LogP contribution in [0.3, 0.4) is 0 Å². The van der Waals surface area contributed by atoms with E-state index >= 15 is 0 Å². The number of rotatable bonds is 5. The van der Waals surface area contributed by atoms with Crippen LogP contribution in [0.2, 0.25) is 0 Å². The Labute approximate surface area is 96.0 Å². The zero-order valence-corrected chi connectivity index (χ0v) is 10.6. The normalized spacial score (nSPS) is 16.0. The van der Waals surface area contributed by atoms with Crippen LogP contribution < -0.4 is 0 Å². The molecule has 0 aliphatic rings. The molecule has 0 aliphatic heterocycles. The van der Waals surface area contributed by atoms with Gasteiger partial charge in [-0.25, -0.2) is 8.42 Å². The topological polar surface area (TPSA) is 72.2 Å². The molecule has 1 aromatic rings. The van der Waals surface area contributed by atoms with Gasteiger partial charge in [0.05, 0.1) is 11.4 Å². The molecule has 2 atom stereocenters. The fourth-order valence-electron chi connectivity index (χ4n) is 1.46. The SMILES string of the molecule is CC(C(O)CCc1ccnn1C)S(C)(=O)=O. The molecule has 0 radical (unpaired) electrons. The summed E-state index contributed by atoms with van der Waals surface area (Å²) in [6.07, 6.45) is 3.04. The van der Waals surface area contributed by atoms with Gasteiger partial charge in [0.15, 0.2) is 9.84 Å². The third-order valence-corrected chi connectivity index (χ3v) is 4.50. The first-order valence-electron chi connectivity index (χ1n) is 5.16. The van der Waals surface area contributed by atoms with E-state index in [2.05, 4.69) is 5.10 Å². The van der Waals surface area contributed by atoms with Gasteiger partial charge in [-0.1, -0.05) is 0 Å². The van der Waals surface area contributed by atoms with Crippen LogP contribution in [0.5, 0.6) is 0 Å². The molecule has 2 unspecified atom stereocenters. The molecule has 1 N–H and O–H groups in total. The van der Waals surface area contributed by atoms with Gasteiger partial charge in [-0.15, -0.1) is 0 Å². The molecule has 0 aromatic carbocycles. The van der Waals surface area contributed by atoms with Crippen molar-refractivity contribution in [2.75, 3.05) is 6.26 Å². The monoisotopic (exact) mass is 246 g/mol. The smallest absolute Gasteiger partial charge is 0.152 e. The molecule has 1 aromatic heterocycles. The fraction of sp³-hybridized carbons (Fsp3) is 0.700. The van der Waals surface area contributed by atoms with Crippen LogP contribution in [0.25, 0.3) is 0 Å². The highest BCUT2D eigenvalue weighted by atomic mass is 32.2. The second kappa shape index (κ2) is 4.97. The molecule has 0 aliphatic carbocycles. The number of aromatic nitrogens is 2. The Morgan fingerprint density at radius 2 is 2.19 bits per heavy atom. The third-order valence-electron chi connectivity index (χ3n) is 2.84. The summed E-state index contributed by atoms with van der Waals surface area (Å²) in [5, 5.41) is 13.0. The number of hydrogen-bond donors (Lipinski definition) is 1. The minimum absolute atomic E-state index is 0.424. The van der Waals surface area contributed by atoms with Gasteiger partial charge in [-0.05, 0) is 25.8 Å². The average Bonchev–Trinajstić information content (AvgIpc) is 2.58. The predicted molar refractivity (Wildman–Crippen MR) is 61.8 cm³/mol. The summed E-state index contributed by atoms with van der Waals surface area (Å²) in [6, 6.07) is 1.86. The summed E-state index contributed by atoms with van der Waals surface area (Å²) in [7, 11) is -1.35. The summed E-state index contributed by atoms with van der Waals surface area (Å²) in [5.41, 5.74) is 0.986. The van der Waals surface area contributed by atoms with E-state index < -0.39 is 21.2 Å². The largest absolute Gasteiger partial charge is 0.392 e. The molecule has 0 bridgehead atoms. The highest BCUT2D eigenvalue weighted by Gasteiger charge is 2.23. The zero-order valence-electron chi connectivity index (χ0n) is 9.79. The Kier molecular flexibility index (Phi) is 4.09. The molecular formula is C10H18N2O3S. The van der Waals surface area contributed by atoms with Gasteiger partial charge in [-0.2, -0.15) is 5.10 Å². The van der Waals surface area contributed by atoms with Gasteiger partial charge in [0.1, 0.15) is 0 Å². The minimum Gasteiger partial charge on any atom is -0.392 e. The standard InChI is InChI=1S/C10H18N2O3S/c1-8(16(3,14)15)10(13)5-4-9-6-7-11-12(9)2/h6-8,10,13H,4-5H2,1-3H3. The first-order chi connectivity index (χ1) is 7.32. The Balaban J connectivity index is 2.54. The Morgan fingerprint density at radius 1 is 1.56 bits per heavy atom. The van der Waals surface area contributed by atoms with E-state index in [1.165, 1.54) is 6.92 Å². The lowest BCUT2D eigenvalue weighted by Gasteiger charge is -2.16. The van der Waals surface area contributed by atoms with Crippen LogP contribution in [-0.4, -0.2) is 40.9 Å². The second-order valence-electron chi connectivity index (χ2n) is 4.09. The van der Waals surface area contributed by atoms with E-state index in [0.717, 1.165) is 11.9 Å². The summed E-state index contributed by atoms with van der Waals surface area (Å²) in [4.78, 5) is 0. The first-order valence-corrected chi connectivity index (χ1v) is 7.11. The van der Waals surface area contributed by atoms with Crippen LogP contribution in [0, 0.1) is 0 Å². The van der Waals surface area contributed by atoms with Crippen LogP contribution in [0.15, 0.2) is 12.3 Å². The van der Waals surface area contributed by atoms with Crippen molar-refractivity contribution in [1.29, 1.82) is 0 Å². The number of aliphatic hydroxyl groups is 1. The Hall–Kier alpha value is -0.880. The van der Waals surface area contributed by atoms with E-state index in [-0.39, 0.29) is 0 Å². The molecule has 1 rings (SSSR count). The maximum atomic E-state index is 11.2. The lowest BCUT2D eigenvalue weighted by Crippen LogP contribution is -2.31. The van der Waals surface area contributed by atoms with Gasteiger partial charge in [0.25, 0.3) is 0 Å². The lowest BCUT2D eigenvalue weighted by atomic mass is 10.1. The number of hydrogen-bond acceptors (Lipinski definition) is 4. The number of aliphatic hydroxyl groups excluding tert-OH is 1. The summed E-state index contributed by atoms with van der Waals surface area (Å²) < 4.78 is 24.2. The zero-order chi connectivity index (χ0) is 12.3. The van der Waals surface area contributed by atoms with Gasteiger partial charge >= 0.3 is 0 Å². The molecule has 0 amide bonds. The maximum absolute atomic E-state index is 11.2. The van der Waals surface area contributed by atoms with Gasteiger partial charge < -0.3 is 5.11 Å². The molecule has 0 spiro atoms. The Morgan fingerprint density at radius 3 is 2.62 bits per heavy atom. The Bertz CT molecular complexity index is 439. The van der Waals surface area contributed by atoms with Crippen molar-refractivity contribution in [2.45, 2.75) is 31.1 Å². The highest BCUT2D eigenvalue weighted by Crippen LogP contribution is 2.11. The van der Waals surface area contributed by atoms with Crippen molar-refractivity contribution in [2.24, 2.45) is 7.05 Å². The van der Waals surface area contributed by atoms with Crippen molar-refractivity contribution in [1.82, 2.24) is 9.78 Å². The van der Waals surface area contributed by atoms with Crippen LogP contribution >= 0.6 is 0 Å². The van der Waals surface area contributed by atoms with Crippen LogP contribution in [0.1, 0.15) is 19.0 Å². The number of sulfone groups is 1. The van der Waals surface area contributed by atoms with E-state index in [4.69, 9.17) is 0 Å². The summed E-state index contributed by atoms with van der Waals surface area (Å²) in [6.45, 7) is 1.53. The second-order valence-corrected chi connectivity index (χ2v) is 6.49. The predicted octanol–water partition coefficient (Wildman–Crippen LogP) is 0.147. The maximum Gasteiger partial charge on any atom is 0.152 e. The van der Waals surface area contributed by atoms with Crippen molar-refractivity contribution in [3.63, 3.8) is 0 Å². The average molecular weight is 246 g/mol. The van der Waals surface area contributed by atoms with Crippen molar-refractivity contribution < 1.29 is 13.5 Å². The third kappa shape index (κ3) is 3.31.